The molecule has 3 aromatic carbocycles. The number of halogens is 1. The summed E-state index contributed by atoms with van der Waals surface area (Å²) < 4.78 is 14.3. The van der Waals surface area contributed by atoms with Crippen LogP contribution in [0.4, 0.5) is 4.39 Å². The maximum absolute atomic E-state index is 14.3. The van der Waals surface area contributed by atoms with Crippen LogP contribution in [-0.2, 0) is 13.0 Å². The smallest absolute Gasteiger partial charge is 0.255 e. The Morgan fingerprint density at radius 2 is 1.66 bits per heavy atom. The second-order valence-corrected chi connectivity index (χ2v) is 7.29. The lowest BCUT2D eigenvalue weighted by molar-refractivity contribution is 0.0780. The van der Waals surface area contributed by atoms with Gasteiger partial charge in [-0.1, -0.05) is 60.7 Å². The summed E-state index contributed by atoms with van der Waals surface area (Å²) in [5, 5.41) is 1.11. The zero-order valence-corrected chi connectivity index (χ0v) is 15.8. The first-order chi connectivity index (χ1) is 14.2. The van der Waals surface area contributed by atoms with E-state index in [-0.39, 0.29) is 11.7 Å². The Morgan fingerprint density at radius 3 is 2.55 bits per heavy atom. The molecule has 0 atom stereocenters. The van der Waals surface area contributed by atoms with Crippen LogP contribution in [0.1, 0.15) is 21.6 Å². The molecule has 0 unspecified atom stereocenters. The molecule has 142 valence electrons. The number of hydrogen-bond acceptors (Lipinski definition) is 2. The van der Waals surface area contributed by atoms with E-state index in [2.05, 4.69) is 6.07 Å². The van der Waals surface area contributed by atoms with Crippen molar-refractivity contribution in [3.63, 3.8) is 0 Å². The third-order valence-electron chi connectivity index (χ3n) is 5.47. The summed E-state index contributed by atoms with van der Waals surface area (Å²) in [6.07, 6.45) is 0.680. The fraction of sp³-hybridized carbons (Fsp3) is 0.120. The Hall–Kier alpha value is -3.53. The molecule has 0 bridgehead atoms. The van der Waals surface area contributed by atoms with Crippen molar-refractivity contribution in [1.82, 2.24) is 9.88 Å². The average Bonchev–Trinajstić information content (AvgIpc) is 3.08. The van der Waals surface area contributed by atoms with E-state index in [1.54, 1.807) is 18.2 Å². The van der Waals surface area contributed by atoms with Gasteiger partial charge in [0, 0.05) is 36.2 Å². The van der Waals surface area contributed by atoms with Crippen LogP contribution in [0.5, 0.6) is 0 Å². The number of aromatic nitrogens is 1. The summed E-state index contributed by atoms with van der Waals surface area (Å²) in [5.74, 6) is -0.354. The van der Waals surface area contributed by atoms with E-state index in [0.717, 1.165) is 22.2 Å². The van der Waals surface area contributed by atoms with E-state index in [9.17, 15) is 9.18 Å². The molecule has 0 fully saturated rings. The predicted octanol–water partition coefficient (Wildman–Crippen LogP) is 5.24. The van der Waals surface area contributed by atoms with Crippen LogP contribution >= 0.6 is 0 Å². The van der Waals surface area contributed by atoms with Crippen molar-refractivity contribution in [2.75, 3.05) is 6.54 Å². The highest BCUT2D eigenvalue weighted by Crippen LogP contribution is 2.34. The Morgan fingerprint density at radius 1 is 0.862 bits per heavy atom. The molecule has 4 heteroatoms. The summed E-state index contributed by atoms with van der Waals surface area (Å²) in [6, 6.07) is 24.4. The number of amides is 1. The molecule has 0 aliphatic carbocycles. The number of para-hydroxylation sites is 1. The Balaban J connectivity index is 1.39. The molecule has 1 aromatic heterocycles. The third-order valence-corrected chi connectivity index (χ3v) is 5.47. The summed E-state index contributed by atoms with van der Waals surface area (Å²) >= 11 is 0. The molecule has 0 radical (unpaired) electrons. The number of carbonyl (C=O) groups excluding carboxylic acids is 1. The van der Waals surface area contributed by atoms with Gasteiger partial charge < -0.3 is 4.90 Å². The lowest BCUT2D eigenvalue weighted by Gasteiger charge is -2.15. The van der Waals surface area contributed by atoms with E-state index >= 15 is 0 Å². The topological polar surface area (TPSA) is 33.2 Å². The van der Waals surface area contributed by atoms with Gasteiger partial charge in [0.05, 0.1) is 11.1 Å². The number of pyridine rings is 1. The largest absolute Gasteiger partial charge is 0.334 e. The first-order valence-electron chi connectivity index (χ1n) is 9.71. The van der Waals surface area contributed by atoms with Gasteiger partial charge >= 0.3 is 0 Å². The Bertz CT molecular complexity index is 1230. The normalized spacial score (nSPS) is 13.1. The fourth-order valence-electron chi connectivity index (χ4n) is 4.00. The van der Waals surface area contributed by atoms with Gasteiger partial charge in [-0.15, -0.1) is 0 Å². The van der Waals surface area contributed by atoms with Gasteiger partial charge in [0.25, 0.3) is 5.91 Å². The van der Waals surface area contributed by atoms with Gasteiger partial charge in [0.1, 0.15) is 5.82 Å². The van der Waals surface area contributed by atoms with Gasteiger partial charge in [-0.25, -0.2) is 4.39 Å². The number of benzene rings is 3. The third kappa shape index (κ3) is 3.17. The quantitative estimate of drug-likeness (QED) is 0.484. The van der Waals surface area contributed by atoms with Crippen LogP contribution in [0, 0.1) is 5.82 Å². The molecule has 0 N–H and O–H groups in total. The van der Waals surface area contributed by atoms with Crippen molar-refractivity contribution >= 4 is 16.8 Å². The SMILES string of the molecule is O=C1c2c(cccc2-c2ccccc2F)CN1CCc1ccc2ccccc2n1. The molecule has 5 rings (SSSR count). The lowest BCUT2D eigenvalue weighted by atomic mass is 9.96. The summed E-state index contributed by atoms with van der Waals surface area (Å²) in [5.41, 5.74) is 4.61. The highest BCUT2D eigenvalue weighted by molar-refractivity contribution is 6.04. The molecule has 0 saturated heterocycles. The van der Waals surface area contributed by atoms with E-state index < -0.39 is 0 Å². The van der Waals surface area contributed by atoms with Crippen LogP contribution in [0.3, 0.4) is 0 Å². The lowest BCUT2D eigenvalue weighted by Crippen LogP contribution is -2.26. The minimum Gasteiger partial charge on any atom is -0.334 e. The first kappa shape index (κ1) is 17.6. The zero-order chi connectivity index (χ0) is 19.8. The maximum Gasteiger partial charge on any atom is 0.255 e. The van der Waals surface area contributed by atoms with Gasteiger partial charge in [-0.2, -0.15) is 0 Å². The minimum atomic E-state index is -0.312. The average molecular weight is 382 g/mol. The van der Waals surface area contributed by atoms with Crippen molar-refractivity contribution in [2.24, 2.45) is 0 Å². The molecular weight excluding hydrogens is 363 g/mol. The summed E-state index contributed by atoms with van der Waals surface area (Å²) in [7, 11) is 0. The molecular formula is C25H19FN2O. The van der Waals surface area contributed by atoms with Crippen LogP contribution in [-0.4, -0.2) is 22.3 Å². The standard InChI is InChI=1S/C25H19FN2O/c26-22-10-3-2-8-20(22)21-9-5-7-18-16-28(25(29)24(18)21)15-14-19-13-12-17-6-1-4-11-23(17)27-19/h1-13H,14-16H2. The molecule has 29 heavy (non-hydrogen) atoms. The van der Waals surface area contributed by atoms with Gasteiger partial charge in [-0.3, -0.25) is 9.78 Å². The van der Waals surface area contributed by atoms with Crippen molar-refractivity contribution < 1.29 is 9.18 Å². The van der Waals surface area contributed by atoms with Crippen LogP contribution < -0.4 is 0 Å². The molecule has 3 nitrogen and oxygen atoms in total. The van der Waals surface area contributed by atoms with E-state index in [1.165, 1.54) is 6.07 Å². The minimum absolute atomic E-state index is 0.0420. The number of fused-ring (bicyclic) bond motifs is 2. The summed E-state index contributed by atoms with van der Waals surface area (Å²) in [4.78, 5) is 19.6. The predicted molar refractivity (Wildman–Crippen MR) is 112 cm³/mol. The fourth-order valence-corrected chi connectivity index (χ4v) is 4.00. The molecule has 1 aliphatic rings. The van der Waals surface area contributed by atoms with Crippen molar-refractivity contribution in [3.05, 3.63) is 102 Å². The van der Waals surface area contributed by atoms with Crippen LogP contribution in [0.2, 0.25) is 0 Å². The van der Waals surface area contributed by atoms with Crippen LogP contribution in [0.15, 0.2) is 78.9 Å². The van der Waals surface area contributed by atoms with Crippen LogP contribution in [0.25, 0.3) is 22.0 Å². The number of nitrogens with zero attached hydrogens (tertiary/aromatic N) is 2. The second-order valence-electron chi connectivity index (χ2n) is 7.29. The highest BCUT2D eigenvalue weighted by atomic mass is 19.1. The van der Waals surface area contributed by atoms with Gasteiger partial charge in [-0.05, 0) is 29.3 Å². The van der Waals surface area contributed by atoms with Crippen molar-refractivity contribution in [1.29, 1.82) is 0 Å². The van der Waals surface area contributed by atoms with Crippen molar-refractivity contribution in [3.8, 4) is 11.1 Å². The molecule has 1 aliphatic heterocycles. The molecule has 2 heterocycles. The van der Waals surface area contributed by atoms with Gasteiger partial charge in [0.15, 0.2) is 0 Å². The zero-order valence-electron chi connectivity index (χ0n) is 15.8. The molecule has 0 spiro atoms. The van der Waals surface area contributed by atoms with E-state index in [4.69, 9.17) is 4.98 Å². The van der Waals surface area contributed by atoms with Crippen molar-refractivity contribution in [2.45, 2.75) is 13.0 Å². The maximum atomic E-state index is 14.3. The van der Waals surface area contributed by atoms with E-state index in [0.29, 0.717) is 36.2 Å². The number of carbonyl (C=O) groups is 1. The Labute approximate surface area is 168 Å². The number of hydrogen-bond donors (Lipinski definition) is 0. The monoisotopic (exact) mass is 382 g/mol. The Kier molecular flexibility index (Phi) is 4.32. The van der Waals surface area contributed by atoms with Gasteiger partial charge in [0.2, 0.25) is 0 Å². The first-order valence-corrected chi connectivity index (χ1v) is 9.71. The molecule has 1 amide bonds. The highest BCUT2D eigenvalue weighted by Gasteiger charge is 2.30. The number of rotatable bonds is 4. The van der Waals surface area contributed by atoms with E-state index in [1.807, 2.05) is 53.4 Å². The summed E-state index contributed by atoms with van der Waals surface area (Å²) in [6.45, 7) is 1.12. The molecule has 0 saturated carbocycles. The second kappa shape index (κ2) is 7.13. The molecule has 4 aromatic rings.